The molecule has 1 amide bonds. The number of para-hydroxylation sites is 1. The smallest absolute Gasteiger partial charge is 0.229 e. The standard InChI is InChI=1S/C24H23N3OS2/c1-17-9-11-20(12-10-17)29-15-13-22(28)27(16-19-7-3-4-14-25-19)24-26-23-18(2)6-5-8-21(23)30-24/h3-12,14H,13,15-16H2,1-2H3. The highest BCUT2D eigenvalue weighted by Gasteiger charge is 2.21. The van der Waals surface area contributed by atoms with Crippen molar-refractivity contribution in [1.29, 1.82) is 0 Å². The summed E-state index contributed by atoms with van der Waals surface area (Å²) in [6, 6.07) is 20.3. The van der Waals surface area contributed by atoms with E-state index in [1.807, 2.05) is 24.3 Å². The van der Waals surface area contributed by atoms with E-state index < -0.39 is 0 Å². The molecule has 0 bridgehead atoms. The molecule has 2 aromatic heterocycles. The summed E-state index contributed by atoms with van der Waals surface area (Å²) in [7, 11) is 0. The highest BCUT2D eigenvalue weighted by molar-refractivity contribution is 7.99. The summed E-state index contributed by atoms with van der Waals surface area (Å²) in [5.41, 5.74) is 4.18. The van der Waals surface area contributed by atoms with Gasteiger partial charge >= 0.3 is 0 Å². The molecule has 2 aromatic carbocycles. The van der Waals surface area contributed by atoms with Gasteiger partial charge in [-0.3, -0.25) is 14.7 Å². The number of anilines is 1. The fraction of sp³-hybridized carbons (Fsp3) is 0.208. The minimum Gasteiger partial charge on any atom is -0.282 e. The van der Waals surface area contributed by atoms with Crippen LogP contribution in [-0.4, -0.2) is 21.6 Å². The normalized spacial score (nSPS) is 11.0. The maximum atomic E-state index is 13.2. The number of thioether (sulfide) groups is 1. The van der Waals surface area contributed by atoms with Crippen LogP contribution < -0.4 is 4.90 Å². The fourth-order valence-electron chi connectivity index (χ4n) is 3.13. The van der Waals surface area contributed by atoms with Crippen molar-refractivity contribution in [1.82, 2.24) is 9.97 Å². The Bertz CT molecular complexity index is 1140. The largest absolute Gasteiger partial charge is 0.282 e. The predicted molar refractivity (Wildman–Crippen MR) is 126 cm³/mol. The minimum atomic E-state index is 0.0666. The van der Waals surface area contributed by atoms with Gasteiger partial charge in [-0.25, -0.2) is 4.98 Å². The maximum absolute atomic E-state index is 13.2. The second-order valence-corrected chi connectivity index (χ2v) is 9.31. The van der Waals surface area contributed by atoms with Crippen molar-refractivity contribution in [2.24, 2.45) is 0 Å². The molecule has 0 aliphatic heterocycles. The van der Waals surface area contributed by atoms with Crippen LogP contribution in [0.5, 0.6) is 0 Å². The van der Waals surface area contributed by atoms with Gasteiger partial charge in [-0.2, -0.15) is 0 Å². The van der Waals surface area contributed by atoms with Crippen molar-refractivity contribution in [3.05, 3.63) is 83.7 Å². The summed E-state index contributed by atoms with van der Waals surface area (Å²) in [5.74, 6) is 0.793. The van der Waals surface area contributed by atoms with E-state index >= 15 is 0 Å². The van der Waals surface area contributed by atoms with E-state index in [4.69, 9.17) is 4.98 Å². The molecule has 2 heterocycles. The molecule has 0 radical (unpaired) electrons. The number of thiazole rings is 1. The van der Waals surface area contributed by atoms with Gasteiger partial charge in [0.2, 0.25) is 5.91 Å². The summed E-state index contributed by atoms with van der Waals surface area (Å²) in [6.07, 6.45) is 2.20. The van der Waals surface area contributed by atoms with Crippen molar-refractivity contribution in [2.45, 2.75) is 31.7 Å². The maximum Gasteiger partial charge on any atom is 0.229 e. The molecule has 0 saturated carbocycles. The molecule has 0 atom stereocenters. The van der Waals surface area contributed by atoms with E-state index in [1.54, 1.807) is 34.2 Å². The Morgan fingerprint density at radius 3 is 2.60 bits per heavy atom. The van der Waals surface area contributed by atoms with Crippen LogP contribution in [0.15, 0.2) is 71.8 Å². The quantitative estimate of drug-likeness (QED) is 0.334. The van der Waals surface area contributed by atoms with E-state index in [9.17, 15) is 4.79 Å². The van der Waals surface area contributed by atoms with Gasteiger partial charge in [0.15, 0.2) is 5.13 Å². The van der Waals surface area contributed by atoms with Crippen LogP contribution in [0.4, 0.5) is 5.13 Å². The van der Waals surface area contributed by atoms with Crippen LogP contribution in [0, 0.1) is 13.8 Å². The SMILES string of the molecule is Cc1ccc(SCCC(=O)N(Cc2ccccn2)c2nc3c(C)cccc3s2)cc1. The summed E-state index contributed by atoms with van der Waals surface area (Å²) in [6.45, 7) is 4.55. The molecule has 0 saturated heterocycles. The van der Waals surface area contributed by atoms with Crippen molar-refractivity contribution < 1.29 is 4.79 Å². The van der Waals surface area contributed by atoms with Gasteiger partial charge in [-0.1, -0.05) is 47.2 Å². The molecule has 6 heteroatoms. The second kappa shape index (κ2) is 9.41. The van der Waals surface area contributed by atoms with Gasteiger partial charge in [0.25, 0.3) is 0 Å². The molecule has 152 valence electrons. The monoisotopic (exact) mass is 433 g/mol. The van der Waals surface area contributed by atoms with Gasteiger partial charge in [0.1, 0.15) is 0 Å². The third kappa shape index (κ3) is 4.89. The topological polar surface area (TPSA) is 46.1 Å². The number of benzene rings is 2. The molecular weight excluding hydrogens is 410 g/mol. The van der Waals surface area contributed by atoms with Gasteiger partial charge in [-0.15, -0.1) is 11.8 Å². The number of amides is 1. The van der Waals surface area contributed by atoms with Crippen LogP contribution in [0.2, 0.25) is 0 Å². The molecule has 0 aliphatic carbocycles. The Balaban J connectivity index is 1.53. The van der Waals surface area contributed by atoms with Crippen molar-refractivity contribution in [2.75, 3.05) is 10.7 Å². The van der Waals surface area contributed by atoms with E-state index in [-0.39, 0.29) is 5.91 Å². The van der Waals surface area contributed by atoms with Crippen molar-refractivity contribution in [3.8, 4) is 0 Å². The molecule has 0 spiro atoms. The van der Waals surface area contributed by atoms with Crippen molar-refractivity contribution >= 4 is 44.4 Å². The first-order chi connectivity index (χ1) is 14.6. The Labute approximate surface area is 185 Å². The van der Waals surface area contributed by atoms with E-state index in [1.165, 1.54) is 10.5 Å². The van der Waals surface area contributed by atoms with Crippen LogP contribution in [0.25, 0.3) is 10.2 Å². The highest BCUT2D eigenvalue weighted by Crippen LogP contribution is 2.32. The number of aryl methyl sites for hydroxylation is 2. The second-order valence-electron chi connectivity index (χ2n) is 7.13. The van der Waals surface area contributed by atoms with Crippen molar-refractivity contribution in [3.63, 3.8) is 0 Å². The van der Waals surface area contributed by atoms with Crippen LogP contribution >= 0.6 is 23.1 Å². The molecule has 4 nitrogen and oxygen atoms in total. The first-order valence-corrected chi connectivity index (χ1v) is 11.7. The average molecular weight is 434 g/mol. The summed E-state index contributed by atoms with van der Waals surface area (Å²) in [4.78, 5) is 25.4. The molecule has 0 fully saturated rings. The number of nitrogens with zero attached hydrogens (tertiary/aromatic N) is 3. The van der Waals surface area contributed by atoms with Crippen LogP contribution in [0.3, 0.4) is 0 Å². The Hall–Kier alpha value is -2.70. The van der Waals surface area contributed by atoms with Crippen LogP contribution in [-0.2, 0) is 11.3 Å². The molecule has 0 aliphatic rings. The lowest BCUT2D eigenvalue weighted by atomic mass is 10.2. The number of carbonyl (C=O) groups excluding carboxylic acids is 1. The number of aromatic nitrogens is 2. The minimum absolute atomic E-state index is 0.0666. The van der Waals surface area contributed by atoms with Gasteiger partial charge in [-0.05, 0) is 49.7 Å². The molecule has 4 aromatic rings. The van der Waals surface area contributed by atoms with Gasteiger partial charge < -0.3 is 0 Å². The average Bonchev–Trinajstić information content (AvgIpc) is 3.19. The number of hydrogen-bond donors (Lipinski definition) is 0. The van der Waals surface area contributed by atoms with E-state index in [0.29, 0.717) is 13.0 Å². The first kappa shape index (κ1) is 20.6. The number of rotatable bonds is 7. The van der Waals surface area contributed by atoms with E-state index in [2.05, 4.69) is 55.2 Å². The molecule has 0 N–H and O–H groups in total. The molecule has 4 rings (SSSR count). The fourth-order valence-corrected chi connectivity index (χ4v) is 5.03. The number of hydrogen-bond acceptors (Lipinski definition) is 5. The molecule has 30 heavy (non-hydrogen) atoms. The zero-order valence-electron chi connectivity index (χ0n) is 17.0. The van der Waals surface area contributed by atoms with Gasteiger partial charge in [0.05, 0.1) is 22.5 Å². The zero-order chi connectivity index (χ0) is 20.9. The highest BCUT2D eigenvalue weighted by atomic mass is 32.2. The third-order valence-corrected chi connectivity index (χ3v) is 6.85. The summed E-state index contributed by atoms with van der Waals surface area (Å²) >= 11 is 3.26. The Morgan fingerprint density at radius 2 is 1.87 bits per heavy atom. The van der Waals surface area contributed by atoms with Gasteiger partial charge in [0, 0.05) is 23.3 Å². The number of carbonyl (C=O) groups is 1. The lowest BCUT2D eigenvalue weighted by Gasteiger charge is -2.19. The lowest BCUT2D eigenvalue weighted by Crippen LogP contribution is -2.30. The van der Waals surface area contributed by atoms with E-state index in [0.717, 1.165) is 32.4 Å². The number of fused-ring (bicyclic) bond motifs is 1. The summed E-state index contributed by atoms with van der Waals surface area (Å²) in [5, 5.41) is 0.732. The summed E-state index contributed by atoms with van der Waals surface area (Å²) < 4.78 is 1.10. The zero-order valence-corrected chi connectivity index (χ0v) is 18.7. The molecular formula is C24H23N3OS2. The predicted octanol–water partition coefficient (Wildman–Crippen LogP) is 6.02. The Morgan fingerprint density at radius 1 is 1.03 bits per heavy atom. The van der Waals surface area contributed by atoms with Crippen LogP contribution in [0.1, 0.15) is 23.2 Å². The lowest BCUT2D eigenvalue weighted by molar-refractivity contribution is -0.118. The Kier molecular flexibility index (Phi) is 6.45. The molecule has 0 unspecified atom stereocenters. The third-order valence-electron chi connectivity index (χ3n) is 4.79. The first-order valence-electron chi connectivity index (χ1n) is 9.86. The number of pyridine rings is 1.